The minimum Gasteiger partial charge on any atom is -0.439 e. The minimum atomic E-state index is -4.23. The maximum absolute atomic E-state index is 13.8. The number of hydrogen-bond donors (Lipinski definition) is 1. The average Bonchev–Trinajstić information content (AvgIpc) is 3.15. The molecule has 1 aliphatic rings. The van der Waals surface area contributed by atoms with Gasteiger partial charge in [0.25, 0.3) is 5.91 Å². The number of aromatic nitrogens is 2. The first-order valence-electron chi connectivity index (χ1n) is 12.0. The molecule has 4 aromatic rings. The third kappa shape index (κ3) is 4.62. The number of carbonyl (C=O) groups excluding carboxylic acids is 1. The third-order valence-electron chi connectivity index (χ3n) is 6.67. The molecule has 8 nitrogen and oxygen atoms in total. The first-order chi connectivity index (χ1) is 17.6. The third-order valence-corrected chi connectivity index (χ3v) is 8.37. The van der Waals surface area contributed by atoms with Gasteiger partial charge in [-0.15, -0.1) is 0 Å². The summed E-state index contributed by atoms with van der Waals surface area (Å²) in [4.78, 5) is 23.0. The molecule has 2 aromatic carbocycles. The van der Waals surface area contributed by atoms with Crippen LogP contribution in [0.5, 0.6) is 11.6 Å². The highest BCUT2D eigenvalue weighted by molar-refractivity contribution is 7.91. The van der Waals surface area contributed by atoms with Crippen LogP contribution >= 0.6 is 0 Å². The maximum atomic E-state index is 13.8. The summed E-state index contributed by atoms with van der Waals surface area (Å²) >= 11 is 0. The molecule has 0 bridgehead atoms. The van der Waals surface area contributed by atoms with Crippen molar-refractivity contribution < 1.29 is 17.9 Å². The van der Waals surface area contributed by atoms with E-state index in [4.69, 9.17) is 10.5 Å². The van der Waals surface area contributed by atoms with Crippen LogP contribution in [0.4, 0.5) is 5.82 Å². The number of carbonyl (C=O) groups is 1. The second-order valence-electron chi connectivity index (χ2n) is 10.0. The van der Waals surface area contributed by atoms with E-state index in [0.29, 0.717) is 18.2 Å². The maximum Gasteiger partial charge on any atom is 0.253 e. The average molecular weight is 517 g/mol. The summed E-state index contributed by atoms with van der Waals surface area (Å²) in [5, 5.41) is 1.79. The number of anilines is 1. The van der Waals surface area contributed by atoms with Gasteiger partial charge < -0.3 is 15.4 Å². The van der Waals surface area contributed by atoms with Gasteiger partial charge in [-0.3, -0.25) is 4.79 Å². The SMILES string of the molecule is CC1CN(c2nccc(S(=O)(=O)c3cccc(Oc4ccc5ccccc5c4)n3)c2C(N)=O)C(C)(C)C1. The van der Waals surface area contributed by atoms with Gasteiger partial charge in [-0.2, -0.15) is 0 Å². The molecule has 1 atom stereocenters. The molecule has 0 radical (unpaired) electrons. The standard InChI is InChI=1S/C28H28N4O4S/c1-18-16-28(2,3)32(17-18)27-25(26(29)33)22(13-14-30-27)37(34,35)24-10-6-9-23(31-24)36-21-12-11-19-7-4-5-8-20(19)15-21/h4-15,18H,16-17H2,1-3H3,(H2,29,33). The van der Waals surface area contributed by atoms with E-state index in [-0.39, 0.29) is 32.7 Å². The number of nitrogens with two attached hydrogens (primary N) is 1. The summed E-state index contributed by atoms with van der Waals surface area (Å²) < 4.78 is 33.4. The predicted octanol–water partition coefficient (Wildman–Crippen LogP) is 4.98. The predicted molar refractivity (Wildman–Crippen MR) is 142 cm³/mol. The number of pyridine rings is 2. The topological polar surface area (TPSA) is 115 Å². The van der Waals surface area contributed by atoms with E-state index < -0.39 is 15.7 Å². The largest absolute Gasteiger partial charge is 0.439 e. The van der Waals surface area contributed by atoms with Gasteiger partial charge in [-0.1, -0.05) is 43.3 Å². The number of primary amides is 1. The Morgan fingerprint density at radius 3 is 2.51 bits per heavy atom. The van der Waals surface area contributed by atoms with Gasteiger partial charge in [-0.05, 0) is 61.2 Å². The van der Waals surface area contributed by atoms with E-state index >= 15 is 0 Å². The van der Waals surface area contributed by atoms with Crippen molar-refractivity contribution in [1.82, 2.24) is 9.97 Å². The Morgan fingerprint density at radius 1 is 1.05 bits per heavy atom. The van der Waals surface area contributed by atoms with Crippen molar-refractivity contribution in [2.24, 2.45) is 11.7 Å². The molecule has 1 aliphatic heterocycles. The van der Waals surface area contributed by atoms with E-state index in [1.165, 1.54) is 18.3 Å². The number of ether oxygens (including phenoxy) is 1. The lowest BCUT2D eigenvalue weighted by molar-refractivity contribution is 0.0997. The van der Waals surface area contributed by atoms with E-state index in [1.807, 2.05) is 55.1 Å². The monoisotopic (exact) mass is 516 g/mol. The van der Waals surface area contributed by atoms with Gasteiger partial charge in [-0.25, -0.2) is 18.4 Å². The van der Waals surface area contributed by atoms with Crippen LogP contribution in [0.3, 0.4) is 0 Å². The van der Waals surface area contributed by atoms with Gasteiger partial charge in [0.1, 0.15) is 17.1 Å². The highest BCUT2D eigenvalue weighted by Gasteiger charge is 2.40. The van der Waals surface area contributed by atoms with Crippen LogP contribution in [0.15, 0.2) is 82.8 Å². The molecule has 9 heteroatoms. The first-order valence-corrected chi connectivity index (χ1v) is 13.5. The lowest BCUT2D eigenvalue weighted by Crippen LogP contribution is -2.40. The van der Waals surface area contributed by atoms with Crippen molar-refractivity contribution in [3.8, 4) is 11.6 Å². The van der Waals surface area contributed by atoms with Crippen LogP contribution in [0.2, 0.25) is 0 Å². The Balaban J connectivity index is 1.54. The van der Waals surface area contributed by atoms with Crippen LogP contribution < -0.4 is 15.4 Å². The molecule has 1 fully saturated rings. The Kier molecular flexibility index (Phi) is 6.11. The summed E-state index contributed by atoms with van der Waals surface area (Å²) in [7, 11) is -4.23. The van der Waals surface area contributed by atoms with E-state index in [9.17, 15) is 13.2 Å². The number of hydrogen-bond acceptors (Lipinski definition) is 7. The summed E-state index contributed by atoms with van der Waals surface area (Å²) in [6.07, 6.45) is 2.27. The zero-order valence-corrected chi connectivity index (χ0v) is 21.7. The molecule has 2 N–H and O–H groups in total. The van der Waals surface area contributed by atoms with E-state index in [1.54, 1.807) is 18.2 Å². The van der Waals surface area contributed by atoms with Crippen molar-refractivity contribution >= 4 is 32.3 Å². The fraction of sp³-hybridized carbons (Fsp3) is 0.250. The molecule has 0 saturated carbocycles. The van der Waals surface area contributed by atoms with Gasteiger partial charge in [0.2, 0.25) is 15.7 Å². The highest BCUT2D eigenvalue weighted by atomic mass is 32.2. The number of benzene rings is 2. The number of amides is 1. The van der Waals surface area contributed by atoms with Crippen molar-refractivity contribution in [2.45, 2.75) is 42.7 Å². The molecule has 1 amide bonds. The minimum absolute atomic E-state index is 0.112. The summed E-state index contributed by atoms with van der Waals surface area (Å²) in [6, 6.07) is 19.2. The molecule has 1 unspecified atom stereocenters. The van der Waals surface area contributed by atoms with Crippen LogP contribution in [0, 0.1) is 5.92 Å². The zero-order valence-electron chi connectivity index (χ0n) is 20.9. The normalized spacial score (nSPS) is 17.2. The smallest absolute Gasteiger partial charge is 0.253 e. The molecule has 0 spiro atoms. The molecule has 5 rings (SSSR count). The fourth-order valence-electron chi connectivity index (χ4n) is 5.12. The second-order valence-corrected chi connectivity index (χ2v) is 11.9. The van der Waals surface area contributed by atoms with Gasteiger partial charge >= 0.3 is 0 Å². The van der Waals surface area contributed by atoms with Crippen LogP contribution in [0.25, 0.3) is 10.8 Å². The van der Waals surface area contributed by atoms with Crippen molar-refractivity contribution in [1.29, 1.82) is 0 Å². The Labute approximate surface area is 216 Å². The molecule has 1 saturated heterocycles. The summed E-state index contributed by atoms with van der Waals surface area (Å²) in [5.41, 5.74) is 5.30. The lowest BCUT2D eigenvalue weighted by Gasteiger charge is -2.33. The van der Waals surface area contributed by atoms with Crippen LogP contribution in [0.1, 0.15) is 37.6 Å². The summed E-state index contributed by atoms with van der Waals surface area (Å²) in [6.45, 7) is 6.83. The van der Waals surface area contributed by atoms with Crippen molar-refractivity contribution in [3.63, 3.8) is 0 Å². The Bertz CT molecular complexity index is 1620. The molecular formula is C28H28N4O4S. The molecule has 2 aromatic heterocycles. The number of rotatable bonds is 6. The van der Waals surface area contributed by atoms with Crippen LogP contribution in [-0.4, -0.2) is 36.4 Å². The quantitative estimate of drug-likeness (QED) is 0.384. The molecular weight excluding hydrogens is 488 g/mol. The van der Waals surface area contributed by atoms with E-state index in [0.717, 1.165) is 17.2 Å². The van der Waals surface area contributed by atoms with Gasteiger partial charge in [0.15, 0.2) is 5.03 Å². The van der Waals surface area contributed by atoms with Gasteiger partial charge in [0, 0.05) is 24.3 Å². The lowest BCUT2D eigenvalue weighted by atomic mass is 9.97. The van der Waals surface area contributed by atoms with Crippen molar-refractivity contribution in [2.75, 3.05) is 11.4 Å². The number of sulfone groups is 1. The van der Waals surface area contributed by atoms with E-state index in [2.05, 4.69) is 16.9 Å². The summed E-state index contributed by atoms with van der Waals surface area (Å²) in [5.74, 6) is 0.395. The van der Waals surface area contributed by atoms with Crippen molar-refractivity contribution in [3.05, 3.63) is 78.5 Å². The first kappa shape index (κ1) is 24.7. The fourth-order valence-corrected chi connectivity index (χ4v) is 6.51. The second kappa shape index (κ2) is 9.15. The molecule has 0 aliphatic carbocycles. The Morgan fingerprint density at radius 2 is 1.81 bits per heavy atom. The molecule has 37 heavy (non-hydrogen) atoms. The molecule has 190 valence electrons. The zero-order chi connectivity index (χ0) is 26.4. The number of fused-ring (bicyclic) bond motifs is 1. The Hall–Kier alpha value is -3.98. The highest BCUT2D eigenvalue weighted by Crippen LogP contribution is 2.39. The molecule has 3 heterocycles. The van der Waals surface area contributed by atoms with Gasteiger partial charge in [0.05, 0.1) is 4.90 Å². The number of nitrogens with zero attached hydrogens (tertiary/aromatic N) is 3. The van der Waals surface area contributed by atoms with Crippen LogP contribution in [-0.2, 0) is 9.84 Å².